The molecule has 0 amide bonds. The number of anilines is 2. The van der Waals surface area contributed by atoms with Crippen molar-refractivity contribution in [2.45, 2.75) is 39.0 Å². The van der Waals surface area contributed by atoms with E-state index in [0.29, 0.717) is 0 Å². The summed E-state index contributed by atoms with van der Waals surface area (Å²) in [6.45, 7) is 10.7. The fourth-order valence-corrected chi connectivity index (χ4v) is 10.4. The fourth-order valence-electron chi connectivity index (χ4n) is 9.23. The monoisotopic (exact) mass is 739 g/mol. The number of nitrogens with zero attached hydrogens (tertiary/aromatic N) is 1. The van der Waals surface area contributed by atoms with Crippen LogP contribution in [0.1, 0.15) is 54.2 Å². The standard InChI is InChI=1S/C54H45NS/c1-5-8-9-20-37(4)55(50-30-19-32-52-53(50)45-26-13-17-31-51(45)56-52)42-23-18-22-40(36-42)41-33-34-47(39(7-3)35-41)54(46-27-14-10-21-38(46)6-2)48-28-15-11-24-43(48)44-25-12-16-29-49(44)54/h5,8-36H,1,6-7H2,2-4H3/b9-8-,37-20+. The van der Waals surface area contributed by atoms with Crippen LogP contribution in [0.5, 0.6) is 0 Å². The van der Waals surface area contributed by atoms with E-state index in [-0.39, 0.29) is 0 Å². The lowest BCUT2D eigenvalue weighted by Crippen LogP contribution is -2.31. The van der Waals surface area contributed by atoms with Crippen LogP contribution in [0.2, 0.25) is 0 Å². The van der Waals surface area contributed by atoms with Gasteiger partial charge in [-0.2, -0.15) is 0 Å². The number of benzene rings is 7. The number of rotatable bonds is 10. The predicted molar refractivity (Wildman–Crippen MR) is 243 cm³/mol. The molecule has 9 rings (SSSR count). The maximum atomic E-state index is 3.90. The summed E-state index contributed by atoms with van der Waals surface area (Å²) in [6, 6.07) is 59.1. The minimum absolute atomic E-state index is 0.425. The third kappa shape index (κ3) is 5.67. The lowest BCUT2D eigenvalue weighted by Gasteiger charge is -2.37. The second-order valence-electron chi connectivity index (χ2n) is 14.6. The zero-order chi connectivity index (χ0) is 38.2. The molecule has 0 saturated heterocycles. The first-order chi connectivity index (χ1) is 27.6. The Kier molecular flexibility index (Phi) is 9.37. The number of allylic oxidation sites excluding steroid dienone is 5. The van der Waals surface area contributed by atoms with E-state index in [1.807, 2.05) is 23.5 Å². The fraction of sp³-hybridized carbons (Fsp3) is 0.111. The van der Waals surface area contributed by atoms with E-state index in [1.165, 1.54) is 81.5 Å². The lowest BCUT2D eigenvalue weighted by atomic mass is 9.64. The summed E-state index contributed by atoms with van der Waals surface area (Å²) in [5, 5.41) is 2.57. The van der Waals surface area contributed by atoms with E-state index < -0.39 is 5.41 Å². The third-order valence-electron chi connectivity index (χ3n) is 11.6. The van der Waals surface area contributed by atoms with Crippen molar-refractivity contribution in [1.29, 1.82) is 0 Å². The molecule has 7 aromatic carbocycles. The molecule has 0 N–H and O–H groups in total. The molecule has 0 spiro atoms. The van der Waals surface area contributed by atoms with Crippen molar-refractivity contribution in [1.82, 2.24) is 0 Å². The molecule has 1 aliphatic carbocycles. The summed E-state index contributed by atoms with van der Waals surface area (Å²) in [5.41, 5.74) is 16.3. The normalized spacial score (nSPS) is 13.3. The number of thiophene rings is 1. The van der Waals surface area contributed by atoms with Crippen molar-refractivity contribution in [3.63, 3.8) is 0 Å². The molecule has 56 heavy (non-hydrogen) atoms. The van der Waals surface area contributed by atoms with E-state index in [2.05, 4.69) is 202 Å². The SMILES string of the molecule is C=C/C=C\C=C(/C)N(c1cccc(-c2ccc(C3(c4ccccc4CC)c4ccccc4-c4ccccc43)c(CC)c2)c1)c1cccc2sc3ccccc3c12. The minimum Gasteiger partial charge on any atom is -0.314 e. The largest absolute Gasteiger partial charge is 0.314 e. The van der Waals surface area contributed by atoms with Crippen LogP contribution in [-0.4, -0.2) is 0 Å². The van der Waals surface area contributed by atoms with Gasteiger partial charge < -0.3 is 4.90 Å². The second kappa shape index (κ2) is 14.8. The zero-order valence-electron chi connectivity index (χ0n) is 32.3. The van der Waals surface area contributed by atoms with Gasteiger partial charge in [0, 0.05) is 31.6 Å². The second-order valence-corrected chi connectivity index (χ2v) is 15.7. The molecule has 1 heterocycles. The summed E-state index contributed by atoms with van der Waals surface area (Å²) in [5.74, 6) is 0. The van der Waals surface area contributed by atoms with Crippen LogP contribution in [0.3, 0.4) is 0 Å². The van der Waals surface area contributed by atoms with Gasteiger partial charge >= 0.3 is 0 Å². The van der Waals surface area contributed by atoms with Gasteiger partial charge in [0.05, 0.1) is 11.1 Å². The van der Waals surface area contributed by atoms with Crippen molar-refractivity contribution >= 4 is 42.9 Å². The molecule has 0 fully saturated rings. The molecule has 0 bridgehead atoms. The lowest BCUT2D eigenvalue weighted by molar-refractivity contribution is 0.741. The van der Waals surface area contributed by atoms with E-state index in [4.69, 9.17) is 0 Å². The highest BCUT2D eigenvalue weighted by molar-refractivity contribution is 7.26. The number of hydrogen-bond acceptors (Lipinski definition) is 2. The van der Waals surface area contributed by atoms with E-state index in [9.17, 15) is 0 Å². The van der Waals surface area contributed by atoms with Gasteiger partial charge in [0.15, 0.2) is 0 Å². The molecule has 272 valence electrons. The summed E-state index contributed by atoms with van der Waals surface area (Å²) in [7, 11) is 0. The minimum atomic E-state index is -0.425. The maximum absolute atomic E-state index is 3.90. The van der Waals surface area contributed by atoms with Crippen LogP contribution in [0.15, 0.2) is 194 Å². The molecule has 0 unspecified atom stereocenters. The van der Waals surface area contributed by atoms with Crippen LogP contribution in [0, 0.1) is 0 Å². The molecule has 1 aromatic heterocycles. The molecule has 0 aliphatic heterocycles. The van der Waals surface area contributed by atoms with Gasteiger partial charge in [0.1, 0.15) is 0 Å². The smallest absolute Gasteiger partial charge is 0.0718 e. The van der Waals surface area contributed by atoms with Crippen LogP contribution < -0.4 is 4.90 Å². The van der Waals surface area contributed by atoms with Gasteiger partial charge in [-0.15, -0.1) is 11.3 Å². The van der Waals surface area contributed by atoms with Gasteiger partial charge in [-0.25, -0.2) is 0 Å². The van der Waals surface area contributed by atoms with Gasteiger partial charge in [-0.3, -0.25) is 0 Å². The van der Waals surface area contributed by atoms with Crippen molar-refractivity contribution in [2.75, 3.05) is 4.90 Å². The Morgan fingerprint density at radius 1 is 0.589 bits per heavy atom. The Hall–Kier alpha value is -6.22. The van der Waals surface area contributed by atoms with E-state index in [1.54, 1.807) is 0 Å². The molecule has 0 saturated carbocycles. The topological polar surface area (TPSA) is 3.24 Å². The van der Waals surface area contributed by atoms with Crippen molar-refractivity contribution in [3.05, 3.63) is 228 Å². The van der Waals surface area contributed by atoms with Crippen molar-refractivity contribution < 1.29 is 0 Å². The Morgan fingerprint density at radius 3 is 1.96 bits per heavy atom. The van der Waals surface area contributed by atoms with Gasteiger partial charge in [0.2, 0.25) is 0 Å². The highest BCUT2D eigenvalue weighted by atomic mass is 32.1. The van der Waals surface area contributed by atoms with Gasteiger partial charge in [-0.1, -0.05) is 166 Å². The summed E-state index contributed by atoms with van der Waals surface area (Å²) >= 11 is 1.86. The van der Waals surface area contributed by atoms with Gasteiger partial charge in [0.25, 0.3) is 0 Å². The molecule has 0 radical (unpaired) electrons. The molecular formula is C54H45NS. The molecule has 0 atom stereocenters. The average Bonchev–Trinajstić information content (AvgIpc) is 3.78. The molecule has 1 aliphatic rings. The third-order valence-corrected chi connectivity index (χ3v) is 12.8. The molecule has 1 nitrogen and oxygen atoms in total. The quantitative estimate of drug-likeness (QED) is 0.126. The predicted octanol–water partition coefficient (Wildman–Crippen LogP) is 15.0. The summed E-state index contributed by atoms with van der Waals surface area (Å²) in [6.07, 6.45) is 9.95. The maximum Gasteiger partial charge on any atom is 0.0718 e. The molecule has 2 heteroatoms. The summed E-state index contributed by atoms with van der Waals surface area (Å²) < 4.78 is 2.59. The number of hydrogen-bond donors (Lipinski definition) is 0. The number of fused-ring (bicyclic) bond motifs is 6. The Labute approximate surface area is 335 Å². The van der Waals surface area contributed by atoms with Gasteiger partial charge in [-0.05, 0) is 112 Å². The Morgan fingerprint density at radius 2 is 1.21 bits per heavy atom. The van der Waals surface area contributed by atoms with Crippen LogP contribution in [0.4, 0.5) is 11.4 Å². The van der Waals surface area contributed by atoms with Crippen molar-refractivity contribution in [2.24, 2.45) is 0 Å². The summed E-state index contributed by atoms with van der Waals surface area (Å²) in [4.78, 5) is 2.41. The highest BCUT2D eigenvalue weighted by Crippen LogP contribution is 2.57. The highest BCUT2D eigenvalue weighted by Gasteiger charge is 2.47. The van der Waals surface area contributed by atoms with E-state index >= 15 is 0 Å². The van der Waals surface area contributed by atoms with Crippen LogP contribution in [0.25, 0.3) is 42.4 Å². The first-order valence-electron chi connectivity index (χ1n) is 19.8. The first-order valence-corrected chi connectivity index (χ1v) is 20.6. The Bertz CT molecular complexity index is 2780. The Balaban J connectivity index is 1.23. The molecule has 8 aromatic rings. The van der Waals surface area contributed by atoms with E-state index in [0.717, 1.165) is 24.2 Å². The zero-order valence-corrected chi connectivity index (χ0v) is 33.1. The van der Waals surface area contributed by atoms with Crippen molar-refractivity contribution in [3.8, 4) is 22.3 Å². The van der Waals surface area contributed by atoms with Crippen LogP contribution >= 0.6 is 11.3 Å². The molecular weight excluding hydrogens is 695 g/mol. The average molecular weight is 740 g/mol. The number of aryl methyl sites for hydroxylation is 2. The first kappa shape index (κ1) is 35.5. The van der Waals surface area contributed by atoms with Crippen LogP contribution in [-0.2, 0) is 18.3 Å².